The SMILES string of the molecule is CCC(CC[C@@H](C)[C@H]1CC[C@H]2[C@@H]3CC=C4C[C@@H](OC(C)=O)CC[C@]4(C)[C@H]3CC[C@]12C)=C(C)C. The Morgan fingerprint density at radius 3 is 2.52 bits per heavy atom. The van der Waals surface area contributed by atoms with Crippen LogP contribution in [0.3, 0.4) is 0 Å². The number of esters is 1. The molecule has 0 heterocycles. The first kappa shape index (κ1) is 25.1. The molecule has 0 aromatic heterocycles. The molecule has 3 fully saturated rings. The first-order valence-electron chi connectivity index (χ1n) is 14.1. The Morgan fingerprint density at radius 1 is 1.09 bits per heavy atom. The molecule has 4 aliphatic rings. The number of rotatable bonds is 6. The Labute approximate surface area is 204 Å². The van der Waals surface area contributed by atoms with Crippen molar-refractivity contribution < 1.29 is 9.53 Å². The lowest BCUT2D eigenvalue weighted by Crippen LogP contribution is -2.51. The normalized spacial score (nSPS) is 40.7. The molecule has 0 N–H and O–H groups in total. The lowest BCUT2D eigenvalue weighted by molar-refractivity contribution is -0.148. The van der Waals surface area contributed by atoms with Gasteiger partial charge in [-0.15, -0.1) is 0 Å². The number of hydrogen-bond donors (Lipinski definition) is 0. The molecule has 8 atom stereocenters. The third-order valence-corrected chi connectivity index (χ3v) is 11.2. The van der Waals surface area contributed by atoms with Gasteiger partial charge in [-0.1, -0.05) is 50.5 Å². The second kappa shape index (κ2) is 9.54. The molecule has 0 bridgehead atoms. The van der Waals surface area contributed by atoms with Gasteiger partial charge in [0.15, 0.2) is 0 Å². The van der Waals surface area contributed by atoms with E-state index in [1.54, 1.807) is 23.6 Å². The van der Waals surface area contributed by atoms with Crippen LogP contribution < -0.4 is 0 Å². The Hall–Kier alpha value is -1.05. The summed E-state index contributed by atoms with van der Waals surface area (Å²) in [6, 6.07) is 0. The third-order valence-electron chi connectivity index (χ3n) is 11.2. The van der Waals surface area contributed by atoms with Crippen molar-refractivity contribution in [3.05, 3.63) is 22.8 Å². The zero-order valence-electron chi connectivity index (χ0n) is 22.6. The maximum atomic E-state index is 11.5. The van der Waals surface area contributed by atoms with E-state index in [1.807, 2.05) is 0 Å². The highest BCUT2D eigenvalue weighted by Gasteiger charge is 2.59. The molecular weight excluding hydrogens is 404 g/mol. The van der Waals surface area contributed by atoms with Crippen molar-refractivity contribution >= 4 is 5.97 Å². The number of ether oxygens (including phenoxy) is 1. The summed E-state index contributed by atoms with van der Waals surface area (Å²) >= 11 is 0. The van der Waals surface area contributed by atoms with Gasteiger partial charge in [-0.3, -0.25) is 4.79 Å². The molecule has 0 saturated heterocycles. The summed E-state index contributed by atoms with van der Waals surface area (Å²) < 4.78 is 5.63. The molecule has 4 aliphatic carbocycles. The van der Waals surface area contributed by atoms with Gasteiger partial charge >= 0.3 is 5.97 Å². The van der Waals surface area contributed by atoms with Crippen molar-refractivity contribution in [2.75, 3.05) is 0 Å². The number of carbonyl (C=O) groups is 1. The first-order valence-corrected chi connectivity index (χ1v) is 14.1. The number of hydrogen-bond acceptors (Lipinski definition) is 2. The van der Waals surface area contributed by atoms with Crippen molar-refractivity contribution in [1.29, 1.82) is 0 Å². The maximum absolute atomic E-state index is 11.5. The van der Waals surface area contributed by atoms with Gasteiger partial charge in [0.25, 0.3) is 0 Å². The molecule has 0 aromatic carbocycles. The van der Waals surface area contributed by atoms with Gasteiger partial charge in [0.05, 0.1) is 0 Å². The van der Waals surface area contributed by atoms with Crippen LogP contribution in [-0.2, 0) is 9.53 Å². The second-order valence-electron chi connectivity index (χ2n) is 12.9. The van der Waals surface area contributed by atoms with Crippen molar-refractivity contribution in [3.63, 3.8) is 0 Å². The minimum atomic E-state index is -0.118. The van der Waals surface area contributed by atoms with E-state index in [9.17, 15) is 4.79 Å². The van der Waals surface area contributed by atoms with Crippen LogP contribution in [0.1, 0.15) is 119 Å². The Bertz CT molecular complexity index is 802. The molecule has 0 spiro atoms. The molecule has 0 aliphatic heterocycles. The number of allylic oxidation sites excluding steroid dienone is 3. The van der Waals surface area contributed by atoms with E-state index < -0.39 is 0 Å². The van der Waals surface area contributed by atoms with E-state index in [-0.39, 0.29) is 12.1 Å². The van der Waals surface area contributed by atoms with E-state index >= 15 is 0 Å². The monoisotopic (exact) mass is 454 g/mol. The fourth-order valence-electron chi connectivity index (χ4n) is 9.32. The molecular formula is C31H50O2. The Kier molecular flexibility index (Phi) is 7.24. The van der Waals surface area contributed by atoms with Crippen molar-refractivity contribution in [3.8, 4) is 0 Å². The molecule has 0 unspecified atom stereocenters. The van der Waals surface area contributed by atoms with Gasteiger partial charge in [-0.2, -0.15) is 0 Å². The molecule has 0 aromatic rings. The average Bonchev–Trinajstić information content (AvgIpc) is 3.11. The van der Waals surface area contributed by atoms with Crippen LogP contribution in [0, 0.1) is 40.4 Å². The topological polar surface area (TPSA) is 26.3 Å². The van der Waals surface area contributed by atoms with Crippen LogP contribution in [-0.4, -0.2) is 12.1 Å². The largest absolute Gasteiger partial charge is 0.462 e. The molecule has 2 nitrogen and oxygen atoms in total. The predicted octanol–water partition coefficient (Wildman–Crippen LogP) is 8.66. The highest BCUT2D eigenvalue weighted by Crippen LogP contribution is 2.67. The first-order chi connectivity index (χ1) is 15.6. The molecule has 0 radical (unpaired) electrons. The molecule has 3 saturated carbocycles. The summed E-state index contributed by atoms with van der Waals surface area (Å²) in [5.74, 6) is 4.22. The summed E-state index contributed by atoms with van der Waals surface area (Å²) in [5, 5.41) is 0. The lowest BCUT2D eigenvalue weighted by Gasteiger charge is -2.58. The Balaban J connectivity index is 1.47. The van der Waals surface area contributed by atoms with Crippen molar-refractivity contribution in [2.45, 2.75) is 125 Å². The van der Waals surface area contributed by atoms with E-state index in [0.717, 1.165) is 42.4 Å². The molecule has 186 valence electrons. The van der Waals surface area contributed by atoms with Crippen LogP contribution in [0.2, 0.25) is 0 Å². The quantitative estimate of drug-likeness (QED) is 0.296. The van der Waals surface area contributed by atoms with Gasteiger partial charge in [-0.25, -0.2) is 0 Å². The molecule has 33 heavy (non-hydrogen) atoms. The smallest absolute Gasteiger partial charge is 0.302 e. The zero-order chi connectivity index (χ0) is 24.0. The van der Waals surface area contributed by atoms with Crippen LogP contribution >= 0.6 is 0 Å². The van der Waals surface area contributed by atoms with Crippen molar-refractivity contribution in [2.24, 2.45) is 40.4 Å². The fourth-order valence-corrected chi connectivity index (χ4v) is 9.32. The lowest BCUT2D eigenvalue weighted by atomic mass is 9.47. The molecule has 4 rings (SSSR count). The van der Waals surface area contributed by atoms with E-state index in [4.69, 9.17) is 4.74 Å². The minimum Gasteiger partial charge on any atom is -0.462 e. The number of carbonyl (C=O) groups excluding carboxylic acids is 1. The fraction of sp³-hybridized carbons (Fsp3) is 0.839. The van der Waals surface area contributed by atoms with E-state index in [1.165, 1.54) is 57.8 Å². The van der Waals surface area contributed by atoms with Gasteiger partial charge < -0.3 is 4.74 Å². The average molecular weight is 455 g/mol. The Morgan fingerprint density at radius 2 is 1.85 bits per heavy atom. The molecule has 2 heteroatoms. The third kappa shape index (κ3) is 4.50. The number of fused-ring (bicyclic) bond motifs is 5. The molecule has 0 amide bonds. The van der Waals surface area contributed by atoms with Crippen LogP contribution in [0.25, 0.3) is 0 Å². The van der Waals surface area contributed by atoms with Crippen LogP contribution in [0.15, 0.2) is 22.8 Å². The summed E-state index contributed by atoms with van der Waals surface area (Å²) in [7, 11) is 0. The van der Waals surface area contributed by atoms with Gasteiger partial charge in [0.1, 0.15) is 6.10 Å². The standard InChI is InChI=1S/C31H50O2/c1-8-23(20(2)3)10-9-21(4)27-13-14-28-26-12-11-24-19-25(33-22(5)32)15-17-30(24,6)29(26)16-18-31(27,28)7/h11,21,25-29H,8-10,12-19H2,1-7H3/t21-,25+,26+,27-,28+,29+,30+,31-/m1/s1. The van der Waals surface area contributed by atoms with Gasteiger partial charge in [-0.05, 0) is 118 Å². The van der Waals surface area contributed by atoms with E-state index in [2.05, 4.69) is 47.6 Å². The summed E-state index contributed by atoms with van der Waals surface area (Å²) in [5.41, 5.74) is 5.72. The van der Waals surface area contributed by atoms with Crippen molar-refractivity contribution in [1.82, 2.24) is 0 Å². The summed E-state index contributed by atoms with van der Waals surface area (Å²) in [4.78, 5) is 11.5. The second-order valence-corrected chi connectivity index (χ2v) is 12.9. The highest BCUT2D eigenvalue weighted by atomic mass is 16.5. The summed E-state index contributed by atoms with van der Waals surface area (Å²) in [6.45, 7) is 16.3. The van der Waals surface area contributed by atoms with Gasteiger partial charge in [0, 0.05) is 13.3 Å². The minimum absolute atomic E-state index is 0.109. The predicted molar refractivity (Wildman–Crippen MR) is 138 cm³/mol. The highest BCUT2D eigenvalue weighted by molar-refractivity contribution is 5.66. The summed E-state index contributed by atoms with van der Waals surface area (Å²) in [6.07, 6.45) is 16.8. The van der Waals surface area contributed by atoms with E-state index in [0.29, 0.717) is 10.8 Å². The van der Waals surface area contributed by atoms with Crippen LogP contribution in [0.5, 0.6) is 0 Å². The van der Waals surface area contributed by atoms with Gasteiger partial charge in [0.2, 0.25) is 0 Å². The zero-order valence-corrected chi connectivity index (χ0v) is 22.6. The maximum Gasteiger partial charge on any atom is 0.302 e. The van der Waals surface area contributed by atoms with Crippen LogP contribution in [0.4, 0.5) is 0 Å².